The molecule has 1 atom stereocenters. The van der Waals surface area contributed by atoms with Crippen molar-refractivity contribution in [2.24, 2.45) is 5.14 Å². The summed E-state index contributed by atoms with van der Waals surface area (Å²) in [6.07, 6.45) is 0.357. The zero-order valence-corrected chi connectivity index (χ0v) is 15.2. The number of anilines is 1. The lowest BCUT2D eigenvalue weighted by molar-refractivity contribution is 0.222. The fourth-order valence-corrected chi connectivity index (χ4v) is 3.63. The number of urea groups is 1. The van der Waals surface area contributed by atoms with E-state index in [4.69, 9.17) is 9.88 Å². The Kier molecular flexibility index (Phi) is 5.15. The largest absolute Gasteiger partial charge is 0.457 e. The smallest absolute Gasteiger partial charge is 0.321 e. The molecule has 1 heterocycles. The first kappa shape index (κ1) is 18.2. The first-order chi connectivity index (χ1) is 12.3. The number of nitrogens with two attached hydrogens (primary N) is 1. The number of benzene rings is 2. The summed E-state index contributed by atoms with van der Waals surface area (Å²) in [5.74, 6) is 1.40. The van der Waals surface area contributed by atoms with Crippen LogP contribution in [0.2, 0.25) is 0 Å². The second-order valence-electron chi connectivity index (χ2n) is 6.32. The number of likely N-dealkylation sites (tertiary alicyclic amines) is 1. The number of carbonyl (C=O) groups is 1. The van der Waals surface area contributed by atoms with Crippen LogP contribution in [0.5, 0.6) is 11.5 Å². The number of nitrogens with zero attached hydrogens (tertiary/aromatic N) is 1. The van der Waals surface area contributed by atoms with Crippen LogP contribution in [-0.2, 0) is 10.0 Å². The van der Waals surface area contributed by atoms with Crippen molar-refractivity contribution in [3.63, 3.8) is 0 Å². The molecule has 26 heavy (non-hydrogen) atoms. The number of amides is 2. The Morgan fingerprint density at radius 2 is 1.92 bits per heavy atom. The quantitative estimate of drug-likeness (QED) is 0.858. The van der Waals surface area contributed by atoms with Crippen molar-refractivity contribution in [1.82, 2.24) is 4.90 Å². The van der Waals surface area contributed by atoms with Crippen molar-refractivity contribution < 1.29 is 17.9 Å². The van der Waals surface area contributed by atoms with E-state index in [0.717, 1.165) is 11.3 Å². The molecule has 1 fully saturated rings. The molecule has 2 amide bonds. The van der Waals surface area contributed by atoms with Crippen LogP contribution < -0.4 is 15.2 Å². The van der Waals surface area contributed by atoms with Gasteiger partial charge in [-0.15, -0.1) is 0 Å². The van der Waals surface area contributed by atoms with Crippen LogP contribution in [0, 0.1) is 6.92 Å². The Bertz CT molecular complexity index is 897. The molecule has 2 aromatic rings. The zero-order chi connectivity index (χ0) is 18.7. The first-order valence-corrected chi connectivity index (χ1v) is 9.84. The van der Waals surface area contributed by atoms with Gasteiger partial charge in [0, 0.05) is 18.8 Å². The summed E-state index contributed by atoms with van der Waals surface area (Å²) in [5, 5.41) is 7.20. The normalized spacial score (nSPS) is 17.2. The highest BCUT2D eigenvalue weighted by Crippen LogP contribution is 2.24. The molecule has 3 rings (SSSR count). The minimum absolute atomic E-state index is 0.110. The predicted molar refractivity (Wildman–Crippen MR) is 99.8 cm³/mol. The third kappa shape index (κ3) is 4.53. The third-order valence-corrected chi connectivity index (χ3v) is 5.54. The Morgan fingerprint density at radius 3 is 2.54 bits per heavy atom. The van der Waals surface area contributed by atoms with Crippen molar-refractivity contribution >= 4 is 21.7 Å². The van der Waals surface area contributed by atoms with Crippen LogP contribution in [0.15, 0.2) is 48.5 Å². The van der Waals surface area contributed by atoms with Crippen molar-refractivity contribution in [3.05, 3.63) is 54.1 Å². The summed E-state index contributed by atoms with van der Waals surface area (Å²) < 4.78 is 28.5. The number of nitrogens with one attached hydrogen (secondary N) is 1. The fraction of sp³-hybridized carbons (Fsp3) is 0.278. The Morgan fingerprint density at radius 1 is 1.19 bits per heavy atom. The molecule has 0 bridgehead atoms. The molecule has 7 nitrogen and oxygen atoms in total. The molecule has 3 N–H and O–H groups in total. The van der Waals surface area contributed by atoms with E-state index >= 15 is 0 Å². The van der Waals surface area contributed by atoms with Crippen molar-refractivity contribution in [1.29, 1.82) is 0 Å². The van der Waals surface area contributed by atoms with Gasteiger partial charge in [-0.2, -0.15) is 0 Å². The maximum absolute atomic E-state index is 12.2. The molecule has 1 aliphatic rings. The molecule has 0 spiro atoms. The van der Waals surface area contributed by atoms with E-state index in [2.05, 4.69) is 5.32 Å². The summed E-state index contributed by atoms with van der Waals surface area (Å²) >= 11 is 0. The van der Waals surface area contributed by atoms with Gasteiger partial charge in [0.15, 0.2) is 0 Å². The maximum atomic E-state index is 12.2. The van der Waals surface area contributed by atoms with Crippen molar-refractivity contribution in [2.75, 3.05) is 18.4 Å². The average molecular weight is 375 g/mol. The van der Waals surface area contributed by atoms with Crippen LogP contribution in [0.4, 0.5) is 10.5 Å². The van der Waals surface area contributed by atoms with Gasteiger partial charge in [0.05, 0.1) is 5.25 Å². The number of sulfonamides is 1. The fourth-order valence-electron chi connectivity index (χ4n) is 2.80. The lowest BCUT2D eigenvalue weighted by atomic mass is 10.2. The second-order valence-corrected chi connectivity index (χ2v) is 8.16. The minimum atomic E-state index is -3.62. The van der Waals surface area contributed by atoms with Gasteiger partial charge >= 0.3 is 6.03 Å². The van der Waals surface area contributed by atoms with E-state index in [1.807, 2.05) is 31.2 Å². The van der Waals surface area contributed by atoms with Gasteiger partial charge in [-0.3, -0.25) is 0 Å². The molecular formula is C18H21N3O4S. The van der Waals surface area contributed by atoms with Crippen LogP contribution in [0.25, 0.3) is 0 Å². The minimum Gasteiger partial charge on any atom is -0.457 e. The summed E-state index contributed by atoms with van der Waals surface area (Å²) in [6, 6.07) is 14.4. The Labute approximate surface area is 152 Å². The number of primary sulfonamides is 1. The zero-order valence-electron chi connectivity index (χ0n) is 14.4. The molecular weight excluding hydrogens is 354 g/mol. The standard InChI is InChI=1S/C18H21N3O4S/c1-13-3-2-4-16(11-13)25-15-7-5-14(6-8-15)20-18(22)21-10-9-17(12-21)26(19,23)24/h2-8,11,17H,9-10,12H2,1H3,(H,20,22)(H2,19,23,24). The van der Waals surface area contributed by atoms with E-state index in [-0.39, 0.29) is 12.6 Å². The lowest BCUT2D eigenvalue weighted by Gasteiger charge is -2.17. The second kappa shape index (κ2) is 7.35. The summed E-state index contributed by atoms with van der Waals surface area (Å²) in [4.78, 5) is 13.7. The molecule has 0 radical (unpaired) electrons. The van der Waals surface area contributed by atoms with Gasteiger partial charge in [0.25, 0.3) is 0 Å². The van der Waals surface area contributed by atoms with Crippen LogP contribution in [0.1, 0.15) is 12.0 Å². The lowest BCUT2D eigenvalue weighted by Crippen LogP contribution is -2.36. The SMILES string of the molecule is Cc1cccc(Oc2ccc(NC(=O)N3CCC(S(N)(=O)=O)C3)cc2)c1. The molecule has 8 heteroatoms. The number of ether oxygens (including phenoxy) is 1. The highest BCUT2D eigenvalue weighted by atomic mass is 32.2. The Balaban J connectivity index is 1.58. The van der Waals surface area contributed by atoms with Crippen molar-refractivity contribution in [2.45, 2.75) is 18.6 Å². The molecule has 138 valence electrons. The number of rotatable bonds is 4. The topological polar surface area (TPSA) is 102 Å². The van der Waals surface area contributed by atoms with E-state index in [0.29, 0.717) is 24.4 Å². The van der Waals surface area contributed by atoms with E-state index in [1.54, 1.807) is 24.3 Å². The number of hydrogen-bond donors (Lipinski definition) is 2. The average Bonchev–Trinajstić information content (AvgIpc) is 3.07. The molecule has 1 unspecified atom stereocenters. The third-order valence-electron chi connectivity index (χ3n) is 4.23. The van der Waals surface area contributed by atoms with Gasteiger partial charge in [0.2, 0.25) is 10.0 Å². The molecule has 1 saturated heterocycles. The van der Waals surface area contributed by atoms with Crippen LogP contribution in [-0.4, -0.2) is 37.7 Å². The van der Waals surface area contributed by atoms with Crippen molar-refractivity contribution in [3.8, 4) is 11.5 Å². The molecule has 0 saturated carbocycles. The summed E-state index contributed by atoms with van der Waals surface area (Å²) in [7, 11) is -3.62. The Hall–Kier alpha value is -2.58. The number of hydrogen-bond acceptors (Lipinski definition) is 4. The van der Waals surface area contributed by atoms with E-state index in [1.165, 1.54) is 4.90 Å². The molecule has 0 aromatic heterocycles. The van der Waals surface area contributed by atoms with Crippen LogP contribution >= 0.6 is 0 Å². The number of carbonyl (C=O) groups excluding carboxylic acids is 1. The first-order valence-electron chi connectivity index (χ1n) is 8.23. The van der Waals surface area contributed by atoms with Gasteiger partial charge in [-0.25, -0.2) is 18.4 Å². The van der Waals surface area contributed by atoms with Gasteiger partial charge in [0.1, 0.15) is 11.5 Å². The predicted octanol–water partition coefficient (Wildman–Crippen LogP) is 2.68. The highest BCUT2D eigenvalue weighted by Gasteiger charge is 2.33. The molecule has 2 aromatic carbocycles. The monoisotopic (exact) mass is 375 g/mol. The molecule has 0 aliphatic carbocycles. The van der Waals surface area contributed by atoms with E-state index in [9.17, 15) is 13.2 Å². The number of aryl methyl sites for hydroxylation is 1. The van der Waals surface area contributed by atoms with E-state index < -0.39 is 15.3 Å². The highest BCUT2D eigenvalue weighted by molar-refractivity contribution is 7.89. The van der Waals surface area contributed by atoms with Gasteiger partial charge < -0.3 is 15.0 Å². The van der Waals surface area contributed by atoms with Crippen LogP contribution in [0.3, 0.4) is 0 Å². The van der Waals surface area contributed by atoms with Gasteiger partial charge in [-0.1, -0.05) is 12.1 Å². The molecule has 1 aliphatic heterocycles. The maximum Gasteiger partial charge on any atom is 0.321 e. The summed E-state index contributed by atoms with van der Waals surface area (Å²) in [6.45, 7) is 2.46. The van der Waals surface area contributed by atoms with Gasteiger partial charge in [-0.05, 0) is 55.3 Å². The summed E-state index contributed by atoms with van der Waals surface area (Å²) in [5.41, 5.74) is 1.71.